The minimum atomic E-state index is 0.146. The van der Waals surface area contributed by atoms with Crippen LogP contribution in [-0.2, 0) is 17.8 Å². The molecule has 6 heteroatoms. The fourth-order valence-corrected chi connectivity index (χ4v) is 3.57. The number of likely N-dealkylation sites (tertiary alicyclic amines) is 1. The zero-order valence-corrected chi connectivity index (χ0v) is 14.2. The van der Waals surface area contributed by atoms with Crippen molar-refractivity contribution in [1.29, 1.82) is 0 Å². The zero-order chi connectivity index (χ0) is 17.2. The molecule has 3 aromatic rings. The number of hydrogen-bond donors (Lipinski definition) is 0. The number of methoxy groups -OCH3 is 1. The van der Waals surface area contributed by atoms with Crippen molar-refractivity contribution in [2.24, 2.45) is 0 Å². The lowest BCUT2D eigenvalue weighted by atomic mass is 10.1. The van der Waals surface area contributed by atoms with Crippen LogP contribution in [0, 0.1) is 0 Å². The maximum absolute atomic E-state index is 12.8. The molecule has 25 heavy (non-hydrogen) atoms. The van der Waals surface area contributed by atoms with E-state index in [1.54, 1.807) is 19.6 Å². The summed E-state index contributed by atoms with van der Waals surface area (Å²) < 4.78 is 12.7. The number of aromatic nitrogens is 2. The molecule has 1 aliphatic rings. The Kier molecular flexibility index (Phi) is 4.17. The van der Waals surface area contributed by atoms with Crippen LogP contribution in [0.25, 0.3) is 11.0 Å². The molecule has 0 radical (unpaired) electrons. The van der Waals surface area contributed by atoms with Crippen molar-refractivity contribution >= 4 is 16.9 Å². The first-order valence-corrected chi connectivity index (χ1v) is 8.55. The van der Waals surface area contributed by atoms with Crippen molar-refractivity contribution in [3.8, 4) is 5.75 Å². The monoisotopic (exact) mass is 339 g/mol. The molecular formula is C19H21N3O3. The first kappa shape index (κ1) is 15.7. The number of nitrogens with zero attached hydrogens (tertiary/aromatic N) is 3. The topological polar surface area (TPSA) is 60.5 Å². The number of amides is 1. The molecule has 4 rings (SSSR count). The van der Waals surface area contributed by atoms with Crippen molar-refractivity contribution in [3.05, 3.63) is 48.5 Å². The highest BCUT2D eigenvalue weighted by Crippen LogP contribution is 2.27. The average Bonchev–Trinajstić information content (AvgIpc) is 3.36. The van der Waals surface area contributed by atoms with E-state index in [0.717, 1.165) is 48.2 Å². The predicted octanol–water partition coefficient (Wildman–Crippen LogP) is 2.87. The summed E-state index contributed by atoms with van der Waals surface area (Å²) in [4.78, 5) is 14.8. The second-order valence-electron chi connectivity index (χ2n) is 6.41. The van der Waals surface area contributed by atoms with Crippen molar-refractivity contribution in [2.45, 2.75) is 31.8 Å². The SMILES string of the molecule is COc1ccc2c(CC(=O)N3CCCC3Cn3cccn3)coc2c1. The van der Waals surface area contributed by atoms with Gasteiger partial charge in [-0.3, -0.25) is 9.48 Å². The molecular weight excluding hydrogens is 318 g/mol. The Morgan fingerprint density at radius 1 is 1.44 bits per heavy atom. The molecule has 1 unspecified atom stereocenters. The van der Waals surface area contributed by atoms with E-state index in [1.807, 2.05) is 40.0 Å². The van der Waals surface area contributed by atoms with E-state index in [4.69, 9.17) is 9.15 Å². The van der Waals surface area contributed by atoms with Gasteiger partial charge in [0.25, 0.3) is 0 Å². The fourth-order valence-electron chi connectivity index (χ4n) is 3.57. The molecule has 1 aromatic carbocycles. The van der Waals surface area contributed by atoms with Gasteiger partial charge in [0.05, 0.1) is 32.4 Å². The second kappa shape index (κ2) is 6.63. The van der Waals surface area contributed by atoms with Gasteiger partial charge in [0, 0.05) is 36.0 Å². The summed E-state index contributed by atoms with van der Waals surface area (Å²) in [5.74, 6) is 0.895. The lowest BCUT2D eigenvalue weighted by Crippen LogP contribution is -2.39. The summed E-state index contributed by atoms with van der Waals surface area (Å²) in [5, 5.41) is 5.23. The molecule has 1 fully saturated rings. The third kappa shape index (κ3) is 3.12. The lowest BCUT2D eigenvalue weighted by molar-refractivity contribution is -0.131. The summed E-state index contributed by atoms with van der Waals surface area (Å²) in [6.07, 6.45) is 7.82. The number of carbonyl (C=O) groups is 1. The smallest absolute Gasteiger partial charge is 0.227 e. The van der Waals surface area contributed by atoms with Crippen LogP contribution >= 0.6 is 0 Å². The third-order valence-corrected chi connectivity index (χ3v) is 4.86. The average molecular weight is 339 g/mol. The van der Waals surface area contributed by atoms with Crippen LogP contribution in [-0.4, -0.2) is 40.3 Å². The van der Waals surface area contributed by atoms with Gasteiger partial charge >= 0.3 is 0 Å². The van der Waals surface area contributed by atoms with Gasteiger partial charge in [-0.05, 0) is 31.0 Å². The van der Waals surface area contributed by atoms with Crippen LogP contribution in [0.1, 0.15) is 18.4 Å². The normalized spacial score (nSPS) is 17.3. The van der Waals surface area contributed by atoms with Gasteiger partial charge < -0.3 is 14.1 Å². The highest BCUT2D eigenvalue weighted by Gasteiger charge is 2.29. The predicted molar refractivity (Wildman–Crippen MR) is 93.4 cm³/mol. The molecule has 1 saturated heterocycles. The van der Waals surface area contributed by atoms with Gasteiger partial charge in [0.1, 0.15) is 11.3 Å². The Morgan fingerprint density at radius 3 is 3.16 bits per heavy atom. The summed E-state index contributed by atoms with van der Waals surface area (Å²) in [7, 11) is 1.63. The molecule has 3 heterocycles. The first-order chi connectivity index (χ1) is 12.2. The maximum atomic E-state index is 12.8. The van der Waals surface area contributed by atoms with Gasteiger partial charge in [-0.25, -0.2) is 0 Å². The molecule has 1 atom stereocenters. The molecule has 0 spiro atoms. The van der Waals surface area contributed by atoms with Crippen LogP contribution in [0.3, 0.4) is 0 Å². The quantitative estimate of drug-likeness (QED) is 0.717. The number of furan rings is 1. The summed E-state index contributed by atoms with van der Waals surface area (Å²) >= 11 is 0. The number of hydrogen-bond acceptors (Lipinski definition) is 4. The molecule has 0 aliphatic carbocycles. The maximum Gasteiger partial charge on any atom is 0.227 e. The lowest BCUT2D eigenvalue weighted by Gasteiger charge is -2.24. The molecule has 1 amide bonds. The Hall–Kier alpha value is -2.76. The van der Waals surface area contributed by atoms with E-state index >= 15 is 0 Å². The minimum Gasteiger partial charge on any atom is -0.497 e. The van der Waals surface area contributed by atoms with E-state index in [1.165, 1.54) is 0 Å². The number of carbonyl (C=O) groups excluding carboxylic acids is 1. The van der Waals surface area contributed by atoms with Crippen LogP contribution < -0.4 is 4.74 Å². The Morgan fingerprint density at radius 2 is 2.36 bits per heavy atom. The Bertz CT molecular complexity index is 869. The molecule has 2 aromatic heterocycles. The van der Waals surface area contributed by atoms with Crippen LogP contribution in [0.2, 0.25) is 0 Å². The van der Waals surface area contributed by atoms with Gasteiger partial charge in [0.2, 0.25) is 5.91 Å². The van der Waals surface area contributed by atoms with Gasteiger partial charge in [-0.1, -0.05) is 0 Å². The molecule has 0 N–H and O–H groups in total. The Labute approximate surface area is 146 Å². The number of benzene rings is 1. The highest BCUT2D eigenvalue weighted by atomic mass is 16.5. The van der Waals surface area contributed by atoms with Crippen molar-refractivity contribution in [3.63, 3.8) is 0 Å². The second-order valence-corrected chi connectivity index (χ2v) is 6.41. The van der Waals surface area contributed by atoms with Crippen LogP contribution in [0.4, 0.5) is 0 Å². The number of fused-ring (bicyclic) bond motifs is 1. The highest BCUT2D eigenvalue weighted by molar-refractivity contribution is 5.88. The number of ether oxygens (including phenoxy) is 1. The fraction of sp³-hybridized carbons (Fsp3) is 0.368. The Balaban J connectivity index is 1.49. The van der Waals surface area contributed by atoms with E-state index in [0.29, 0.717) is 6.42 Å². The van der Waals surface area contributed by atoms with Crippen LogP contribution in [0.5, 0.6) is 5.75 Å². The van der Waals surface area contributed by atoms with E-state index in [2.05, 4.69) is 5.10 Å². The van der Waals surface area contributed by atoms with Crippen LogP contribution in [0.15, 0.2) is 47.3 Å². The van der Waals surface area contributed by atoms with E-state index in [9.17, 15) is 4.79 Å². The van der Waals surface area contributed by atoms with Gasteiger partial charge in [-0.15, -0.1) is 0 Å². The largest absolute Gasteiger partial charge is 0.497 e. The first-order valence-electron chi connectivity index (χ1n) is 8.55. The van der Waals surface area contributed by atoms with Gasteiger partial charge in [-0.2, -0.15) is 5.10 Å². The minimum absolute atomic E-state index is 0.146. The summed E-state index contributed by atoms with van der Waals surface area (Å²) in [6.45, 7) is 1.57. The van der Waals surface area contributed by atoms with Crippen molar-refractivity contribution in [1.82, 2.24) is 14.7 Å². The molecule has 1 aliphatic heterocycles. The molecule has 130 valence electrons. The standard InChI is InChI=1S/C19H21N3O3/c1-24-16-5-6-17-14(13-25-18(17)11-16)10-19(23)22-9-2-4-15(22)12-21-8-3-7-20-21/h3,5-8,11,13,15H,2,4,9-10,12H2,1H3. The third-order valence-electron chi connectivity index (χ3n) is 4.86. The number of rotatable bonds is 5. The summed E-state index contributed by atoms with van der Waals surface area (Å²) in [5.41, 5.74) is 1.67. The molecule has 0 bridgehead atoms. The van der Waals surface area contributed by atoms with Gasteiger partial charge in [0.15, 0.2) is 0 Å². The van der Waals surface area contributed by atoms with E-state index < -0.39 is 0 Å². The zero-order valence-electron chi connectivity index (χ0n) is 14.2. The van der Waals surface area contributed by atoms with Crippen molar-refractivity contribution in [2.75, 3.05) is 13.7 Å². The molecule has 6 nitrogen and oxygen atoms in total. The molecule has 0 saturated carbocycles. The van der Waals surface area contributed by atoms with E-state index in [-0.39, 0.29) is 11.9 Å². The van der Waals surface area contributed by atoms with Crippen molar-refractivity contribution < 1.29 is 13.9 Å². The summed E-state index contributed by atoms with van der Waals surface area (Å²) in [6, 6.07) is 7.81.